The van der Waals surface area contributed by atoms with Crippen molar-refractivity contribution in [2.45, 2.75) is 12.6 Å². The van der Waals surface area contributed by atoms with E-state index in [0.717, 1.165) is 10.4 Å². The number of aliphatic hydroxyl groups is 1. The number of likely N-dealkylation sites (tertiary alicyclic amines) is 1. The van der Waals surface area contributed by atoms with Gasteiger partial charge in [0.2, 0.25) is 0 Å². The van der Waals surface area contributed by atoms with E-state index in [-0.39, 0.29) is 23.4 Å². The van der Waals surface area contributed by atoms with Crippen LogP contribution in [0, 0.1) is 5.82 Å². The molecule has 1 aliphatic rings. The largest absolute Gasteiger partial charge is 0.507 e. The Kier molecular flexibility index (Phi) is 4.75. The Balaban J connectivity index is 1.83. The highest BCUT2D eigenvalue weighted by Crippen LogP contribution is 2.41. The van der Waals surface area contributed by atoms with Gasteiger partial charge in [-0.25, -0.2) is 4.39 Å². The van der Waals surface area contributed by atoms with Gasteiger partial charge >= 0.3 is 0 Å². The molecule has 0 saturated carbocycles. The Bertz CT molecular complexity index is 1050. The maximum Gasteiger partial charge on any atom is 0.295 e. The number of aliphatic hydroxyl groups excluding tert-OH is 1. The third-order valence-electron chi connectivity index (χ3n) is 4.55. The van der Waals surface area contributed by atoms with Crippen molar-refractivity contribution < 1.29 is 19.1 Å². The topological polar surface area (TPSA) is 70.5 Å². The van der Waals surface area contributed by atoms with E-state index < -0.39 is 23.5 Å². The Morgan fingerprint density at radius 2 is 1.93 bits per heavy atom. The second-order valence-corrected chi connectivity index (χ2v) is 7.29. The SMILES string of the molecule is O=C1C(=O)N(Cc2cccnc2)C(c2cccs2)/C1=C(/O)c1ccc(F)cc1. The van der Waals surface area contributed by atoms with E-state index in [4.69, 9.17) is 0 Å². The van der Waals surface area contributed by atoms with E-state index in [0.29, 0.717) is 0 Å². The highest BCUT2D eigenvalue weighted by molar-refractivity contribution is 7.10. The van der Waals surface area contributed by atoms with Crippen molar-refractivity contribution >= 4 is 28.8 Å². The van der Waals surface area contributed by atoms with Crippen molar-refractivity contribution in [1.82, 2.24) is 9.88 Å². The predicted octanol–water partition coefficient (Wildman–Crippen LogP) is 3.90. The van der Waals surface area contributed by atoms with Crippen LogP contribution >= 0.6 is 11.3 Å². The molecule has 1 N–H and O–H groups in total. The summed E-state index contributed by atoms with van der Waals surface area (Å²) in [7, 11) is 0. The van der Waals surface area contributed by atoms with E-state index in [1.54, 1.807) is 18.5 Å². The van der Waals surface area contributed by atoms with Crippen LogP contribution in [0.15, 0.2) is 71.9 Å². The van der Waals surface area contributed by atoms with Crippen LogP contribution in [-0.2, 0) is 16.1 Å². The van der Waals surface area contributed by atoms with Crippen LogP contribution in [0.3, 0.4) is 0 Å². The molecule has 1 aliphatic heterocycles. The number of thiophene rings is 1. The van der Waals surface area contributed by atoms with E-state index in [2.05, 4.69) is 4.98 Å². The van der Waals surface area contributed by atoms with Gasteiger partial charge in [-0.05, 0) is 47.3 Å². The standard InChI is InChI=1S/C21H15FN2O3S/c22-15-7-5-14(6-8-15)19(25)17-18(16-4-2-10-28-16)24(21(27)20(17)26)12-13-3-1-9-23-11-13/h1-11,18,25H,12H2/b19-17-. The summed E-state index contributed by atoms with van der Waals surface area (Å²) in [5.41, 5.74) is 1.05. The molecule has 1 fully saturated rings. The average molecular weight is 394 g/mol. The maximum atomic E-state index is 13.2. The fourth-order valence-electron chi connectivity index (χ4n) is 3.24. The second-order valence-electron chi connectivity index (χ2n) is 6.31. The molecule has 5 nitrogen and oxygen atoms in total. The lowest BCUT2D eigenvalue weighted by molar-refractivity contribution is -0.140. The van der Waals surface area contributed by atoms with Gasteiger partial charge in [-0.2, -0.15) is 0 Å². The monoisotopic (exact) mass is 394 g/mol. The van der Waals surface area contributed by atoms with Crippen molar-refractivity contribution in [3.63, 3.8) is 0 Å². The molecule has 0 spiro atoms. The number of rotatable bonds is 4. The molecule has 1 unspecified atom stereocenters. The summed E-state index contributed by atoms with van der Waals surface area (Å²) in [5.74, 6) is -2.22. The molecule has 28 heavy (non-hydrogen) atoms. The van der Waals surface area contributed by atoms with Gasteiger partial charge in [0, 0.05) is 29.4 Å². The van der Waals surface area contributed by atoms with Crippen LogP contribution in [-0.4, -0.2) is 26.7 Å². The summed E-state index contributed by atoms with van der Waals surface area (Å²) < 4.78 is 13.2. The molecule has 140 valence electrons. The molecule has 1 atom stereocenters. The van der Waals surface area contributed by atoms with Crippen LogP contribution < -0.4 is 0 Å². The molecule has 0 aliphatic carbocycles. The normalized spacial score (nSPS) is 18.6. The van der Waals surface area contributed by atoms with Crippen molar-refractivity contribution in [2.24, 2.45) is 0 Å². The smallest absolute Gasteiger partial charge is 0.295 e. The molecular formula is C21H15FN2O3S. The number of halogens is 1. The van der Waals surface area contributed by atoms with E-state index >= 15 is 0 Å². The number of Topliss-reactive ketones (excluding diaryl/α,β-unsaturated/α-hetero) is 1. The zero-order chi connectivity index (χ0) is 19.7. The number of amides is 1. The summed E-state index contributed by atoms with van der Waals surface area (Å²) in [5, 5.41) is 12.6. The minimum atomic E-state index is -0.760. The molecule has 0 bridgehead atoms. The van der Waals surface area contributed by atoms with Gasteiger partial charge < -0.3 is 10.0 Å². The minimum absolute atomic E-state index is 0.00273. The molecule has 1 saturated heterocycles. The summed E-state index contributed by atoms with van der Waals surface area (Å²) in [6.07, 6.45) is 3.26. The Morgan fingerprint density at radius 1 is 1.14 bits per heavy atom. The van der Waals surface area contributed by atoms with Gasteiger partial charge in [-0.3, -0.25) is 14.6 Å². The number of nitrogens with zero attached hydrogens (tertiary/aromatic N) is 2. The number of benzene rings is 1. The Labute approximate surface area is 164 Å². The quantitative estimate of drug-likeness (QED) is 0.414. The molecule has 1 amide bonds. The molecule has 4 rings (SSSR count). The van der Waals surface area contributed by atoms with Crippen LogP contribution in [0.2, 0.25) is 0 Å². The highest BCUT2D eigenvalue weighted by Gasteiger charge is 2.46. The molecular weight excluding hydrogens is 379 g/mol. The lowest BCUT2D eigenvalue weighted by atomic mass is 10.00. The Hall–Kier alpha value is -3.32. The molecule has 2 aromatic heterocycles. The number of carbonyl (C=O) groups is 2. The number of carbonyl (C=O) groups excluding carboxylic acids is 2. The van der Waals surface area contributed by atoms with Gasteiger partial charge in [0.05, 0.1) is 11.6 Å². The van der Waals surface area contributed by atoms with Crippen molar-refractivity contribution in [3.8, 4) is 0 Å². The second kappa shape index (κ2) is 7.36. The predicted molar refractivity (Wildman–Crippen MR) is 103 cm³/mol. The number of ketones is 1. The van der Waals surface area contributed by atoms with Crippen LogP contribution in [0.5, 0.6) is 0 Å². The van der Waals surface area contributed by atoms with Crippen molar-refractivity contribution in [3.05, 3.63) is 93.7 Å². The van der Waals surface area contributed by atoms with Gasteiger partial charge in [-0.1, -0.05) is 12.1 Å². The zero-order valence-corrected chi connectivity index (χ0v) is 15.4. The number of aromatic nitrogens is 1. The first-order valence-corrected chi connectivity index (χ1v) is 9.41. The summed E-state index contributed by atoms with van der Waals surface area (Å²) >= 11 is 1.39. The molecule has 0 radical (unpaired) electrons. The van der Waals surface area contributed by atoms with Crippen molar-refractivity contribution in [2.75, 3.05) is 0 Å². The third kappa shape index (κ3) is 3.20. The fraction of sp³-hybridized carbons (Fsp3) is 0.0952. The zero-order valence-electron chi connectivity index (χ0n) is 14.6. The first-order valence-electron chi connectivity index (χ1n) is 8.53. The molecule has 3 heterocycles. The molecule has 1 aromatic carbocycles. The van der Waals surface area contributed by atoms with Gasteiger partial charge in [-0.15, -0.1) is 11.3 Å². The van der Waals surface area contributed by atoms with Gasteiger partial charge in [0.1, 0.15) is 11.6 Å². The Morgan fingerprint density at radius 3 is 2.57 bits per heavy atom. The maximum absolute atomic E-state index is 13.2. The number of hydrogen-bond acceptors (Lipinski definition) is 5. The minimum Gasteiger partial charge on any atom is -0.507 e. The van der Waals surface area contributed by atoms with Gasteiger partial charge in [0.15, 0.2) is 0 Å². The third-order valence-corrected chi connectivity index (χ3v) is 5.47. The number of pyridine rings is 1. The highest BCUT2D eigenvalue weighted by atomic mass is 32.1. The first kappa shape index (κ1) is 18.1. The fourth-order valence-corrected chi connectivity index (χ4v) is 4.08. The average Bonchev–Trinajstić information content (AvgIpc) is 3.32. The first-order chi connectivity index (χ1) is 13.6. The summed E-state index contributed by atoms with van der Waals surface area (Å²) in [6, 6.07) is 11.6. The van der Waals surface area contributed by atoms with E-state index in [9.17, 15) is 19.1 Å². The lowest BCUT2D eigenvalue weighted by Gasteiger charge is -2.24. The molecule has 3 aromatic rings. The van der Waals surface area contributed by atoms with Crippen LogP contribution in [0.25, 0.3) is 5.76 Å². The van der Waals surface area contributed by atoms with Gasteiger partial charge in [0.25, 0.3) is 11.7 Å². The van der Waals surface area contributed by atoms with Crippen molar-refractivity contribution in [1.29, 1.82) is 0 Å². The lowest BCUT2D eigenvalue weighted by Crippen LogP contribution is -2.28. The van der Waals surface area contributed by atoms with E-state index in [1.807, 2.05) is 23.6 Å². The summed E-state index contributed by atoms with van der Waals surface area (Å²) in [6.45, 7) is 0.182. The van der Waals surface area contributed by atoms with Crippen LogP contribution in [0.4, 0.5) is 4.39 Å². The number of hydrogen-bond donors (Lipinski definition) is 1. The summed E-state index contributed by atoms with van der Waals surface area (Å²) in [4.78, 5) is 31.8. The molecule has 7 heteroatoms. The van der Waals surface area contributed by atoms with E-state index in [1.165, 1.54) is 40.5 Å². The van der Waals surface area contributed by atoms with Crippen LogP contribution in [0.1, 0.15) is 22.0 Å².